The Balaban J connectivity index is 2.20. The first kappa shape index (κ1) is 12.7. The Morgan fingerprint density at radius 1 is 1.00 bits per heavy atom. The summed E-state index contributed by atoms with van der Waals surface area (Å²) in [7, 11) is 0. The fourth-order valence-corrected chi connectivity index (χ4v) is 2.67. The molecule has 0 aliphatic heterocycles. The van der Waals surface area contributed by atoms with E-state index in [0.29, 0.717) is 0 Å². The lowest BCUT2D eigenvalue weighted by molar-refractivity contribution is 0.597. The quantitative estimate of drug-likeness (QED) is 0.594. The fraction of sp³-hybridized carbons (Fsp3) is 0.158. The highest BCUT2D eigenvalue weighted by Gasteiger charge is 2.15. The number of allylic oxidation sites excluding steroid dienone is 1. The third-order valence-corrected chi connectivity index (χ3v) is 3.71. The van der Waals surface area contributed by atoms with Gasteiger partial charge in [-0.2, -0.15) is 0 Å². The zero-order chi connectivity index (χ0) is 14.1. The van der Waals surface area contributed by atoms with Crippen LogP contribution in [0.3, 0.4) is 0 Å². The standard InChI is InChI=1S/C19H18O/c1-4-16(15-9-7-8-13(2)12-15)19-14(3)17-10-5-6-11-18(17)20-19/h4-12H,1-3H3/b16-4-. The van der Waals surface area contributed by atoms with Gasteiger partial charge in [-0.25, -0.2) is 0 Å². The summed E-state index contributed by atoms with van der Waals surface area (Å²) in [6, 6.07) is 16.7. The lowest BCUT2D eigenvalue weighted by Crippen LogP contribution is -1.88. The predicted molar refractivity (Wildman–Crippen MR) is 84.9 cm³/mol. The minimum Gasteiger partial charge on any atom is -0.456 e. The molecule has 0 saturated heterocycles. The highest BCUT2D eigenvalue weighted by Crippen LogP contribution is 2.33. The van der Waals surface area contributed by atoms with Crippen molar-refractivity contribution < 1.29 is 4.42 Å². The summed E-state index contributed by atoms with van der Waals surface area (Å²) in [6.07, 6.45) is 2.12. The number of para-hydroxylation sites is 1. The first-order valence-corrected chi connectivity index (χ1v) is 6.92. The van der Waals surface area contributed by atoms with Crippen LogP contribution in [0.5, 0.6) is 0 Å². The Morgan fingerprint density at radius 3 is 2.50 bits per heavy atom. The smallest absolute Gasteiger partial charge is 0.138 e. The monoisotopic (exact) mass is 262 g/mol. The van der Waals surface area contributed by atoms with Crippen molar-refractivity contribution in [1.29, 1.82) is 0 Å². The van der Waals surface area contributed by atoms with Crippen LogP contribution >= 0.6 is 0 Å². The summed E-state index contributed by atoms with van der Waals surface area (Å²) in [5, 5.41) is 1.19. The second-order valence-corrected chi connectivity index (χ2v) is 5.12. The molecule has 20 heavy (non-hydrogen) atoms. The molecule has 0 unspecified atom stereocenters. The number of fused-ring (bicyclic) bond motifs is 1. The van der Waals surface area contributed by atoms with Crippen LogP contribution in [-0.2, 0) is 0 Å². The van der Waals surface area contributed by atoms with Crippen molar-refractivity contribution in [3.8, 4) is 0 Å². The maximum absolute atomic E-state index is 6.08. The van der Waals surface area contributed by atoms with E-state index in [9.17, 15) is 0 Å². The third kappa shape index (κ3) is 2.05. The molecule has 0 saturated carbocycles. The number of aryl methyl sites for hydroxylation is 2. The molecule has 0 aliphatic rings. The molecule has 1 aromatic heterocycles. The van der Waals surface area contributed by atoms with Crippen molar-refractivity contribution in [3.63, 3.8) is 0 Å². The molecular weight excluding hydrogens is 244 g/mol. The minimum atomic E-state index is 0.951. The van der Waals surface area contributed by atoms with Gasteiger partial charge in [-0.05, 0) is 32.4 Å². The van der Waals surface area contributed by atoms with Crippen molar-refractivity contribution in [2.45, 2.75) is 20.8 Å². The second kappa shape index (κ2) is 5.01. The molecule has 2 aromatic carbocycles. The molecule has 0 aliphatic carbocycles. The minimum absolute atomic E-state index is 0.951. The van der Waals surface area contributed by atoms with Crippen LogP contribution in [0, 0.1) is 13.8 Å². The first-order valence-electron chi connectivity index (χ1n) is 6.92. The van der Waals surface area contributed by atoms with E-state index in [2.05, 4.69) is 63.2 Å². The summed E-state index contributed by atoms with van der Waals surface area (Å²) in [5.41, 5.74) is 5.77. The second-order valence-electron chi connectivity index (χ2n) is 5.12. The van der Waals surface area contributed by atoms with Gasteiger partial charge in [0.05, 0.1) is 0 Å². The maximum Gasteiger partial charge on any atom is 0.138 e. The highest BCUT2D eigenvalue weighted by atomic mass is 16.3. The van der Waals surface area contributed by atoms with E-state index in [-0.39, 0.29) is 0 Å². The number of rotatable bonds is 2. The van der Waals surface area contributed by atoms with E-state index in [0.717, 1.165) is 16.9 Å². The SMILES string of the molecule is C/C=C(/c1cccc(C)c1)c1oc2ccccc2c1C. The number of hydrogen-bond acceptors (Lipinski definition) is 1. The fourth-order valence-electron chi connectivity index (χ4n) is 2.67. The third-order valence-electron chi connectivity index (χ3n) is 3.71. The zero-order valence-corrected chi connectivity index (χ0v) is 12.1. The Labute approximate surface area is 119 Å². The van der Waals surface area contributed by atoms with Crippen molar-refractivity contribution in [2.24, 2.45) is 0 Å². The summed E-state index contributed by atoms with van der Waals surface area (Å²) in [6.45, 7) is 6.30. The van der Waals surface area contributed by atoms with Crippen LogP contribution in [0.1, 0.15) is 29.4 Å². The van der Waals surface area contributed by atoms with Crippen molar-refractivity contribution in [3.05, 3.63) is 77.1 Å². The normalized spacial score (nSPS) is 12.1. The molecule has 3 rings (SSSR count). The van der Waals surface area contributed by atoms with Crippen molar-refractivity contribution in [1.82, 2.24) is 0 Å². The Hall–Kier alpha value is -2.28. The van der Waals surface area contributed by atoms with Crippen LogP contribution in [0.25, 0.3) is 16.5 Å². The van der Waals surface area contributed by atoms with Gasteiger partial charge >= 0.3 is 0 Å². The summed E-state index contributed by atoms with van der Waals surface area (Å²) in [4.78, 5) is 0. The van der Waals surface area contributed by atoms with E-state index in [1.54, 1.807) is 0 Å². The van der Waals surface area contributed by atoms with Crippen molar-refractivity contribution >= 4 is 16.5 Å². The molecule has 1 heteroatoms. The average Bonchev–Trinajstić information content (AvgIpc) is 2.78. The van der Waals surface area contributed by atoms with Crippen LogP contribution in [0.15, 0.2) is 59.0 Å². The van der Waals surface area contributed by atoms with Gasteiger partial charge < -0.3 is 4.42 Å². The molecule has 0 bridgehead atoms. The number of furan rings is 1. The molecule has 0 N–H and O–H groups in total. The van der Waals surface area contributed by atoms with E-state index >= 15 is 0 Å². The lowest BCUT2D eigenvalue weighted by Gasteiger charge is -2.06. The average molecular weight is 262 g/mol. The molecule has 0 fully saturated rings. The number of hydrogen-bond donors (Lipinski definition) is 0. The lowest BCUT2D eigenvalue weighted by atomic mass is 9.98. The first-order chi connectivity index (χ1) is 9.70. The van der Waals surface area contributed by atoms with E-state index < -0.39 is 0 Å². The van der Waals surface area contributed by atoms with Gasteiger partial charge in [0.25, 0.3) is 0 Å². The molecule has 0 amide bonds. The van der Waals surface area contributed by atoms with Gasteiger partial charge in [-0.1, -0.05) is 54.1 Å². The maximum atomic E-state index is 6.08. The van der Waals surface area contributed by atoms with E-state index in [1.165, 1.54) is 22.1 Å². The van der Waals surface area contributed by atoms with Crippen LogP contribution in [-0.4, -0.2) is 0 Å². The van der Waals surface area contributed by atoms with Gasteiger partial charge in [0.15, 0.2) is 0 Å². The number of benzene rings is 2. The van der Waals surface area contributed by atoms with Crippen LogP contribution < -0.4 is 0 Å². The molecular formula is C19H18O. The largest absolute Gasteiger partial charge is 0.456 e. The summed E-state index contributed by atoms with van der Waals surface area (Å²) >= 11 is 0. The molecule has 100 valence electrons. The zero-order valence-electron chi connectivity index (χ0n) is 12.1. The van der Waals surface area contributed by atoms with Crippen molar-refractivity contribution in [2.75, 3.05) is 0 Å². The Morgan fingerprint density at radius 2 is 1.80 bits per heavy atom. The van der Waals surface area contributed by atoms with E-state index in [1.807, 2.05) is 12.1 Å². The van der Waals surface area contributed by atoms with Crippen LogP contribution in [0.4, 0.5) is 0 Å². The molecule has 3 aromatic rings. The van der Waals surface area contributed by atoms with Gasteiger partial charge in [-0.3, -0.25) is 0 Å². The van der Waals surface area contributed by atoms with Crippen LogP contribution in [0.2, 0.25) is 0 Å². The summed E-state index contributed by atoms with van der Waals surface area (Å²) in [5.74, 6) is 0.972. The Bertz CT molecular complexity index is 790. The topological polar surface area (TPSA) is 13.1 Å². The van der Waals surface area contributed by atoms with Gasteiger partial charge in [0.1, 0.15) is 11.3 Å². The molecule has 1 heterocycles. The predicted octanol–water partition coefficient (Wildman–Crippen LogP) is 5.50. The summed E-state index contributed by atoms with van der Waals surface area (Å²) < 4.78 is 6.08. The molecule has 0 spiro atoms. The van der Waals surface area contributed by atoms with Gasteiger partial charge in [0, 0.05) is 16.5 Å². The van der Waals surface area contributed by atoms with Gasteiger partial charge in [-0.15, -0.1) is 0 Å². The molecule has 1 nitrogen and oxygen atoms in total. The van der Waals surface area contributed by atoms with E-state index in [4.69, 9.17) is 4.42 Å². The molecule has 0 atom stereocenters. The molecule has 0 radical (unpaired) electrons. The highest BCUT2D eigenvalue weighted by molar-refractivity contribution is 5.89. The Kier molecular flexibility index (Phi) is 3.19. The van der Waals surface area contributed by atoms with Gasteiger partial charge in [0.2, 0.25) is 0 Å².